The standard InChI is InChI=1S/C53H89N11O11/c1-14-34(4)45-50(73)59(9)31-43(68)57(7)32-44(69)62(12)39(28-37-21-16-15-17-22-37)49(72)58(8)30-40(65)54-29-42(67)64-26-20-23-38(64)48(71)56-53(24-18-19-25-53)52(75)63(13)46(33(2)3)51(74)60(10)35(5)27-41(66)61(11)36(6)47(70)55-45/h33-39,45-46H,14-32H2,1-13H3,(H,54,65)(H,55,70)(H,56,71)/t34-,35?,36?,38?,39?,45?,46?/m0/s1. The first-order chi connectivity index (χ1) is 35.2. The number of likely N-dealkylation sites (N-methyl/N-ethyl adjacent to an activating group) is 7. The van der Waals surface area contributed by atoms with Crippen molar-refractivity contribution in [2.45, 2.75) is 173 Å². The van der Waals surface area contributed by atoms with Crippen molar-refractivity contribution < 1.29 is 52.7 Å². The Labute approximate surface area is 444 Å². The Morgan fingerprint density at radius 3 is 1.80 bits per heavy atom. The van der Waals surface area contributed by atoms with Crippen LogP contribution in [0.1, 0.15) is 131 Å². The van der Waals surface area contributed by atoms with E-state index in [9.17, 15) is 52.7 Å². The minimum Gasteiger partial charge on any atom is -0.345 e. The molecule has 422 valence electrons. The van der Waals surface area contributed by atoms with Gasteiger partial charge in [-0.25, -0.2) is 0 Å². The van der Waals surface area contributed by atoms with Gasteiger partial charge in [0.25, 0.3) is 0 Å². The molecule has 75 heavy (non-hydrogen) atoms. The lowest BCUT2D eigenvalue weighted by Crippen LogP contribution is -2.64. The van der Waals surface area contributed by atoms with Gasteiger partial charge in [-0.2, -0.15) is 0 Å². The van der Waals surface area contributed by atoms with Crippen LogP contribution in [0.15, 0.2) is 0 Å². The van der Waals surface area contributed by atoms with Crippen molar-refractivity contribution >= 4 is 65.0 Å². The highest BCUT2D eigenvalue weighted by Gasteiger charge is 2.49. The lowest BCUT2D eigenvalue weighted by Gasteiger charge is -2.41. The molecule has 11 amide bonds. The normalized spacial score (nSPS) is 28.1. The number of nitrogens with zero attached hydrogens (tertiary/aromatic N) is 8. The third-order valence-corrected chi connectivity index (χ3v) is 16.5. The molecule has 2 saturated carbocycles. The van der Waals surface area contributed by atoms with Gasteiger partial charge in [-0.1, -0.05) is 79.1 Å². The van der Waals surface area contributed by atoms with Crippen LogP contribution >= 0.6 is 0 Å². The van der Waals surface area contributed by atoms with Gasteiger partial charge in [0.05, 0.1) is 26.2 Å². The molecule has 1 spiro atoms. The van der Waals surface area contributed by atoms with Crippen LogP contribution in [0.25, 0.3) is 0 Å². The van der Waals surface area contributed by atoms with Gasteiger partial charge in [0, 0.05) is 68.3 Å². The molecule has 6 unspecified atom stereocenters. The summed E-state index contributed by atoms with van der Waals surface area (Å²) in [4.78, 5) is 164. The zero-order chi connectivity index (χ0) is 56.2. The number of fused-ring (bicyclic) bond motifs is 1. The fourth-order valence-corrected chi connectivity index (χ4v) is 11.0. The van der Waals surface area contributed by atoms with Crippen molar-refractivity contribution in [2.24, 2.45) is 17.8 Å². The van der Waals surface area contributed by atoms with Crippen LogP contribution in [0.3, 0.4) is 0 Å². The largest absolute Gasteiger partial charge is 0.345 e. The van der Waals surface area contributed by atoms with Gasteiger partial charge < -0.3 is 55.1 Å². The molecule has 0 aromatic heterocycles. The molecule has 3 N–H and O–H groups in total. The van der Waals surface area contributed by atoms with E-state index in [1.807, 2.05) is 6.92 Å². The van der Waals surface area contributed by atoms with Gasteiger partial charge in [-0.15, -0.1) is 0 Å². The summed E-state index contributed by atoms with van der Waals surface area (Å²) in [6.07, 6.45) is 8.10. The second kappa shape index (κ2) is 27.3. The van der Waals surface area contributed by atoms with Gasteiger partial charge >= 0.3 is 0 Å². The number of hydrogen-bond acceptors (Lipinski definition) is 11. The zero-order valence-electron chi connectivity index (χ0n) is 47.2. The molecular weight excluding hydrogens is 967 g/mol. The summed E-state index contributed by atoms with van der Waals surface area (Å²) in [5, 5.41) is 8.42. The maximum atomic E-state index is 14.7. The number of carbonyl (C=O) groups is 11. The predicted molar refractivity (Wildman–Crippen MR) is 280 cm³/mol. The summed E-state index contributed by atoms with van der Waals surface area (Å²) in [5.74, 6) is -6.47. The first-order valence-corrected chi connectivity index (χ1v) is 27.1. The highest BCUT2D eigenvalue weighted by Crippen LogP contribution is 2.34. The summed E-state index contributed by atoms with van der Waals surface area (Å²) in [6.45, 7) is 8.94. The average molecular weight is 1060 g/mol. The minimum atomic E-state index is -1.35. The minimum absolute atomic E-state index is 0.135. The molecule has 7 atom stereocenters. The Kier molecular flexibility index (Phi) is 22.5. The Morgan fingerprint density at radius 2 is 1.20 bits per heavy atom. The summed E-state index contributed by atoms with van der Waals surface area (Å²) in [5.41, 5.74) is -1.35. The third kappa shape index (κ3) is 15.4. The first-order valence-electron chi connectivity index (χ1n) is 27.1. The summed E-state index contributed by atoms with van der Waals surface area (Å²) in [6, 6.07) is -5.72. The molecular formula is C53H89N11O11. The molecule has 2 aliphatic heterocycles. The number of nitrogens with one attached hydrogen (secondary N) is 3. The van der Waals surface area contributed by atoms with E-state index in [2.05, 4.69) is 16.0 Å². The van der Waals surface area contributed by atoms with Crippen LogP contribution < -0.4 is 16.0 Å². The Morgan fingerprint density at radius 1 is 0.600 bits per heavy atom. The molecule has 4 aliphatic rings. The van der Waals surface area contributed by atoms with Crippen LogP contribution in [0, 0.1) is 17.8 Å². The van der Waals surface area contributed by atoms with Crippen molar-refractivity contribution in [3.63, 3.8) is 0 Å². The molecule has 2 saturated heterocycles. The Hall–Kier alpha value is -5.83. The second-order valence-corrected chi connectivity index (χ2v) is 22.4. The van der Waals surface area contributed by atoms with Crippen LogP contribution in [0.4, 0.5) is 0 Å². The maximum absolute atomic E-state index is 14.7. The monoisotopic (exact) mass is 1060 g/mol. The first kappa shape index (κ1) is 61.7. The third-order valence-electron chi connectivity index (χ3n) is 16.5. The maximum Gasteiger partial charge on any atom is 0.248 e. The van der Waals surface area contributed by atoms with E-state index in [1.54, 1.807) is 34.7 Å². The number of hydrogen-bond donors (Lipinski definition) is 3. The van der Waals surface area contributed by atoms with Crippen molar-refractivity contribution in [3.8, 4) is 0 Å². The molecule has 22 heteroatoms. The van der Waals surface area contributed by atoms with Crippen molar-refractivity contribution in [3.05, 3.63) is 0 Å². The van der Waals surface area contributed by atoms with Crippen LogP contribution in [-0.4, -0.2) is 228 Å². The lowest BCUT2D eigenvalue weighted by atomic mass is 9.84. The van der Waals surface area contributed by atoms with Crippen molar-refractivity contribution in [1.82, 2.24) is 55.1 Å². The predicted octanol–water partition coefficient (Wildman–Crippen LogP) is 0.807. The summed E-state index contributed by atoms with van der Waals surface area (Å²) < 4.78 is 0. The fraction of sp³-hybridized carbons (Fsp3) is 0.792. The van der Waals surface area contributed by atoms with Gasteiger partial charge in [0.2, 0.25) is 65.0 Å². The number of carbonyl (C=O) groups excluding carboxylic acids is 11. The molecule has 0 bridgehead atoms. The van der Waals surface area contributed by atoms with E-state index in [4.69, 9.17) is 0 Å². The molecule has 2 aliphatic carbocycles. The van der Waals surface area contributed by atoms with E-state index in [0.717, 1.165) is 32.1 Å². The van der Waals surface area contributed by atoms with E-state index >= 15 is 0 Å². The van der Waals surface area contributed by atoms with Crippen molar-refractivity contribution in [1.29, 1.82) is 0 Å². The topological polar surface area (TPSA) is 250 Å². The number of amides is 11. The Balaban J connectivity index is 1.66. The van der Waals surface area contributed by atoms with Gasteiger partial charge in [0.15, 0.2) is 0 Å². The zero-order valence-corrected chi connectivity index (χ0v) is 47.2. The summed E-state index contributed by atoms with van der Waals surface area (Å²) >= 11 is 0. The van der Waals surface area contributed by atoms with Crippen molar-refractivity contribution in [2.75, 3.05) is 82.1 Å². The highest BCUT2D eigenvalue weighted by molar-refractivity contribution is 5.99. The molecule has 2 heterocycles. The van der Waals surface area contributed by atoms with Crippen LogP contribution in [0.5, 0.6) is 0 Å². The molecule has 0 radical (unpaired) electrons. The quantitative estimate of drug-likeness (QED) is 0.348. The average Bonchev–Trinajstić information content (AvgIpc) is 4.08. The van der Waals surface area contributed by atoms with Gasteiger partial charge in [-0.05, 0) is 63.7 Å². The smallest absolute Gasteiger partial charge is 0.248 e. The second-order valence-electron chi connectivity index (χ2n) is 22.4. The molecule has 0 aromatic rings. The fourth-order valence-electron chi connectivity index (χ4n) is 11.0. The molecule has 4 fully saturated rings. The Bertz CT molecular complexity index is 2110. The van der Waals surface area contributed by atoms with Gasteiger partial charge in [0.1, 0.15) is 35.7 Å². The van der Waals surface area contributed by atoms with E-state index < -0.39 is 145 Å². The number of rotatable bonds is 5. The van der Waals surface area contributed by atoms with Crippen LogP contribution in [0.2, 0.25) is 0 Å². The van der Waals surface area contributed by atoms with E-state index in [-0.39, 0.29) is 18.9 Å². The molecule has 22 nitrogen and oxygen atoms in total. The van der Waals surface area contributed by atoms with E-state index in [0.29, 0.717) is 51.4 Å². The molecule has 0 aromatic carbocycles. The summed E-state index contributed by atoms with van der Waals surface area (Å²) in [7, 11) is 10.3. The SMILES string of the molecule is CC[C@H](C)C1NC(=O)C(C)N(C)C(=O)CC(C)N(C)C(=O)C(C(C)C)N(C)C(=O)C2(CCCC2)NC(=O)C2CCCN2C(=O)CNC(=O)CN(C)C(=O)C(CC2CCCCC2)N(C)C(=O)CN(C)C(=O)CN(C)C1=O. The van der Waals surface area contributed by atoms with E-state index in [1.165, 1.54) is 88.4 Å². The highest BCUT2D eigenvalue weighted by atomic mass is 16.2. The lowest BCUT2D eigenvalue weighted by molar-refractivity contribution is -0.152. The van der Waals surface area contributed by atoms with Crippen LogP contribution in [-0.2, 0) is 52.7 Å². The molecule has 4 rings (SSSR count). The van der Waals surface area contributed by atoms with Gasteiger partial charge in [-0.3, -0.25) is 52.7 Å².